The van der Waals surface area contributed by atoms with Crippen LogP contribution in [0, 0.1) is 0 Å². The normalized spacial score (nSPS) is 14.7. The smallest absolute Gasteiger partial charge is 0.0899 e. The standard InChI is InChI=1S/C14H23NO2S/c1-15(9-14(16)10-17-2)8-13(11-18)12-6-4-3-5-7-12/h3-7,13-14,16,18H,8-11H2,1-2H3. The summed E-state index contributed by atoms with van der Waals surface area (Å²) in [6.07, 6.45) is -0.434. The Labute approximate surface area is 115 Å². The number of nitrogens with zero attached hydrogens (tertiary/aromatic N) is 1. The van der Waals surface area contributed by atoms with Crippen LogP contribution in [0.4, 0.5) is 0 Å². The highest BCUT2D eigenvalue weighted by molar-refractivity contribution is 7.80. The average Bonchev–Trinajstić information content (AvgIpc) is 2.37. The van der Waals surface area contributed by atoms with E-state index in [-0.39, 0.29) is 0 Å². The number of ether oxygens (including phenoxy) is 1. The van der Waals surface area contributed by atoms with E-state index in [2.05, 4.69) is 29.7 Å². The molecular weight excluding hydrogens is 246 g/mol. The van der Waals surface area contributed by atoms with Gasteiger partial charge in [0.25, 0.3) is 0 Å². The van der Waals surface area contributed by atoms with E-state index >= 15 is 0 Å². The Balaban J connectivity index is 2.48. The number of hydrogen-bond acceptors (Lipinski definition) is 4. The first-order valence-electron chi connectivity index (χ1n) is 6.18. The summed E-state index contributed by atoms with van der Waals surface area (Å²) >= 11 is 4.42. The summed E-state index contributed by atoms with van der Waals surface area (Å²) in [5.41, 5.74) is 1.29. The highest BCUT2D eigenvalue weighted by atomic mass is 32.1. The number of benzene rings is 1. The van der Waals surface area contributed by atoms with Crippen molar-refractivity contribution >= 4 is 12.6 Å². The molecule has 0 saturated heterocycles. The molecule has 0 aliphatic carbocycles. The molecule has 1 N–H and O–H groups in total. The Kier molecular flexibility index (Phi) is 7.35. The molecule has 0 bridgehead atoms. The molecule has 0 fully saturated rings. The molecule has 0 saturated carbocycles. The predicted octanol–water partition coefficient (Wildman–Crippen LogP) is 1.64. The number of thiol groups is 1. The Bertz CT molecular complexity index is 321. The summed E-state index contributed by atoms with van der Waals surface area (Å²) < 4.78 is 4.93. The summed E-state index contributed by atoms with van der Waals surface area (Å²) in [4.78, 5) is 2.12. The van der Waals surface area contributed by atoms with Crippen LogP contribution in [0.3, 0.4) is 0 Å². The number of rotatable bonds is 8. The molecule has 2 atom stereocenters. The molecule has 4 heteroatoms. The SMILES string of the molecule is COCC(O)CN(C)CC(CS)c1ccccc1. The molecule has 0 heterocycles. The molecule has 1 aromatic carbocycles. The lowest BCUT2D eigenvalue weighted by atomic mass is 10.0. The second-order valence-electron chi connectivity index (χ2n) is 4.62. The van der Waals surface area contributed by atoms with Gasteiger partial charge < -0.3 is 14.7 Å². The number of aliphatic hydroxyl groups is 1. The van der Waals surface area contributed by atoms with Crippen molar-refractivity contribution in [3.63, 3.8) is 0 Å². The van der Waals surface area contributed by atoms with Crippen molar-refractivity contribution in [1.82, 2.24) is 4.90 Å². The van der Waals surface area contributed by atoms with Gasteiger partial charge in [-0.25, -0.2) is 0 Å². The van der Waals surface area contributed by atoms with Gasteiger partial charge in [0, 0.05) is 26.1 Å². The van der Waals surface area contributed by atoms with Crippen LogP contribution >= 0.6 is 12.6 Å². The van der Waals surface area contributed by atoms with Crippen molar-refractivity contribution in [2.75, 3.05) is 39.6 Å². The second kappa shape index (κ2) is 8.53. The lowest BCUT2D eigenvalue weighted by Crippen LogP contribution is -2.35. The van der Waals surface area contributed by atoms with Gasteiger partial charge in [-0.3, -0.25) is 0 Å². The fraction of sp³-hybridized carbons (Fsp3) is 0.571. The molecule has 0 aliphatic heterocycles. The van der Waals surface area contributed by atoms with Crippen LogP contribution in [0.5, 0.6) is 0 Å². The monoisotopic (exact) mass is 269 g/mol. The van der Waals surface area contributed by atoms with Crippen LogP contribution in [-0.4, -0.2) is 55.7 Å². The topological polar surface area (TPSA) is 32.7 Å². The van der Waals surface area contributed by atoms with Crippen molar-refractivity contribution in [3.8, 4) is 0 Å². The van der Waals surface area contributed by atoms with Crippen molar-refractivity contribution in [2.24, 2.45) is 0 Å². The van der Waals surface area contributed by atoms with E-state index in [9.17, 15) is 5.11 Å². The second-order valence-corrected chi connectivity index (χ2v) is 4.99. The van der Waals surface area contributed by atoms with Gasteiger partial charge >= 0.3 is 0 Å². The van der Waals surface area contributed by atoms with E-state index in [0.29, 0.717) is 19.1 Å². The maximum Gasteiger partial charge on any atom is 0.0899 e. The van der Waals surface area contributed by atoms with Crippen LogP contribution in [0.2, 0.25) is 0 Å². The van der Waals surface area contributed by atoms with Gasteiger partial charge in [0.2, 0.25) is 0 Å². The molecule has 1 rings (SSSR count). The molecule has 0 radical (unpaired) electrons. The van der Waals surface area contributed by atoms with E-state index in [4.69, 9.17) is 4.74 Å². The molecule has 102 valence electrons. The molecule has 3 nitrogen and oxygen atoms in total. The van der Waals surface area contributed by atoms with Gasteiger partial charge in [-0.2, -0.15) is 12.6 Å². The minimum atomic E-state index is -0.434. The third-order valence-electron chi connectivity index (χ3n) is 2.90. The molecule has 2 unspecified atom stereocenters. The van der Waals surface area contributed by atoms with Gasteiger partial charge in [-0.15, -0.1) is 0 Å². The predicted molar refractivity (Wildman–Crippen MR) is 78.4 cm³/mol. The zero-order valence-electron chi connectivity index (χ0n) is 11.1. The highest BCUT2D eigenvalue weighted by Gasteiger charge is 2.14. The van der Waals surface area contributed by atoms with Crippen molar-refractivity contribution in [1.29, 1.82) is 0 Å². The fourth-order valence-corrected chi connectivity index (χ4v) is 2.38. The first-order valence-corrected chi connectivity index (χ1v) is 6.82. The number of likely N-dealkylation sites (N-methyl/N-ethyl adjacent to an activating group) is 1. The molecule has 0 aliphatic rings. The van der Waals surface area contributed by atoms with E-state index in [0.717, 1.165) is 12.3 Å². The quantitative estimate of drug-likeness (QED) is 0.704. The third kappa shape index (κ3) is 5.40. The number of methoxy groups -OCH3 is 1. The molecular formula is C14H23NO2S. The minimum Gasteiger partial charge on any atom is -0.389 e. The minimum absolute atomic E-state index is 0.376. The third-order valence-corrected chi connectivity index (χ3v) is 3.35. The summed E-state index contributed by atoms with van der Waals surface area (Å²) in [7, 11) is 3.61. The summed E-state index contributed by atoms with van der Waals surface area (Å²) in [6.45, 7) is 1.88. The zero-order valence-corrected chi connectivity index (χ0v) is 12.0. The fourth-order valence-electron chi connectivity index (χ4n) is 2.05. The molecule has 0 aromatic heterocycles. The summed E-state index contributed by atoms with van der Waals surface area (Å²) in [5.74, 6) is 1.18. The van der Waals surface area contributed by atoms with Gasteiger partial charge in [0.05, 0.1) is 12.7 Å². The summed E-state index contributed by atoms with van der Waals surface area (Å²) in [5, 5.41) is 9.69. The van der Waals surface area contributed by atoms with Crippen LogP contribution in [0.15, 0.2) is 30.3 Å². The maximum atomic E-state index is 9.69. The molecule has 0 spiro atoms. The zero-order chi connectivity index (χ0) is 13.4. The van der Waals surface area contributed by atoms with Gasteiger partial charge in [0.15, 0.2) is 0 Å². The molecule has 1 aromatic rings. The number of aliphatic hydroxyl groups excluding tert-OH is 1. The van der Waals surface area contributed by atoms with Crippen LogP contribution < -0.4 is 0 Å². The first-order chi connectivity index (χ1) is 8.67. The van der Waals surface area contributed by atoms with Crippen LogP contribution in [0.25, 0.3) is 0 Å². The Morgan fingerprint density at radius 3 is 2.50 bits per heavy atom. The van der Waals surface area contributed by atoms with E-state index in [1.165, 1.54) is 5.56 Å². The lowest BCUT2D eigenvalue weighted by Gasteiger charge is -2.25. The molecule has 0 amide bonds. The number of hydrogen-bond donors (Lipinski definition) is 2. The van der Waals surface area contributed by atoms with Crippen LogP contribution in [-0.2, 0) is 4.74 Å². The molecule has 18 heavy (non-hydrogen) atoms. The van der Waals surface area contributed by atoms with Gasteiger partial charge in [-0.05, 0) is 18.4 Å². The average molecular weight is 269 g/mol. The van der Waals surface area contributed by atoms with Crippen molar-refractivity contribution in [3.05, 3.63) is 35.9 Å². The highest BCUT2D eigenvalue weighted by Crippen LogP contribution is 2.18. The van der Waals surface area contributed by atoms with E-state index in [1.54, 1.807) is 7.11 Å². The van der Waals surface area contributed by atoms with Gasteiger partial charge in [0.1, 0.15) is 0 Å². The lowest BCUT2D eigenvalue weighted by molar-refractivity contribution is 0.0425. The maximum absolute atomic E-state index is 9.69. The van der Waals surface area contributed by atoms with Crippen LogP contribution in [0.1, 0.15) is 11.5 Å². The Morgan fingerprint density at radius 1 is 1.28 bits per heavy atom. The summed E-state index contributed by atoms with van der Waals surface area (Å²) in [6, 6.07) is 10.4. The van der Waals surface area contributed by atoms with E-state index in [1.807, 2.05) is 25.2 Å². The Hall–Kier alpha value is -0.550. The van der Waals surface area contributed by atoms with Crippen molar-refractivity contribution in [2.45, 2.75) is 12.0 Å². The van der Waals surface area contributed by atoms with E-state index < -0.39 is 6.10 Å². The first kappa shape index (κ1) is 15.5. The van der Waals surface area contributed by atoms with Gasteiger partial charge in [-0.1, -0.05) is 30.3 Å². The Morgan fingerprint density at radius 2 is 1.94 bits per heavy atom. The largest absolute Gasteiger partial charge is 0.389 e. The van der Waals surface area contributed by atoms with Crippen molar-refractivity contribution < 1.29 is 9.84 Å².